The summed E-state index contributed by atoms with van der Waals surface area (Å²) in [5.74, 6) is 0. The molecule has 0 aliphatic rings. The van der Waals surface area contributed by atoms with E-state index in [4.69, 9.17) is 23.2 Å². The fourth-order valence-corrected chi connectivity index (χ4v) is 4.99. The van der Waals surface area contributed by atoms with E-state index in [0.717, 1.165) is 72.0 Å². The SMILES string of the molecule is O=c1c(NCCCCNc2ccnc3cc(Cl)ccc23)c(NCCCCNc2ccnc3cc(Cl)ccc23)c1=O. The van der Waals surface area contributed by atoms with Gasteiger partial charge < -0.3 is 21.3 Å². The van der Waals surface area contributed by atoms with Gasteiger partial charge in [-0.3, -0.25) is 19.6 Å². The van der Waals surface area contributed by atoms with Crippen LogP contribution in [0.1, 0.15) is 25.7 Å². The number of halogens is 2. The predicted octanol–water partition coefficient (Wildman–Crippen LogP) is 6.29. The molecule has 0 radical (unpaired) electrons. The van der Waals surface area contributed by atoms with Crippen LogP contribution in [0.25, 0.3) is 21.8 Å². The summed E-state index contributed by atoms with van der Waals surface area (Å²) < 4.78 is 0. The summed E-state index contributed by atoms with van der Waals surface area (Å²) in [5.41, 5.74) is 3.62. The smallest absolute Gasteiger partial charge is 0.253 e. The molecule has 2 heterocycles. The second kappa shape index (κ2) is 13.0. The Bertz CT molecular complexity index is 1580. The van der Waals surface area contributed by atoms with Crippen LogP contribution < -0.4 is 32.1 Å². The molecule has 10 heteroatoms. The number of anilines is 4. The van der Waals surface area contributed by atoms with Crippen LogP contribution in [0, 0.1) is 0 Å². The van der Waals surface area contributed by atoms with Crippen LogP contribution in [0.3, 0.4) is 0 Å². The first-order valence-corrected chi connectivity index (χ1v) is 14.1. The number of benzene rings is 2. The van der Waals surface area contributed by atoms with E-state index >= 15 is 0 Å². The average Bonchev–Trinajstić information content (AvgIpc) is 2.96. The van der Waals surface area contributed by atoms with Crippen LogP contribution in [-0.2, 0) is 0 Å². The van der Waals surface area contributed by atoms with Crippen LogP contribution in [0.5, 0.6) is 0 Å². The lowest BCUT2D eigenvalue weighted by Gasteiger charge is -2.15. The first-order valence-electron chi connectivity index (χ1n) is 13.4. The van der Waals surface area contributed by atoms with E-state index in [-0.39, 0.29) is 0 Å². The van der Waals surface area contributed by atoms with Gasteiger partial charge in [0, 0.05) is 70.8 Å². The maximum absolute atomic E-state index is 12.1. The summed E-state index contributed by atoms with van der Waals surface area (Å²) in [5, 5.41) is 16.5. The molecular formula is C30H30Cl2N6O2. The number of fused-ring (bicyclic) bond motifs is 2. The lowest BCUT2D eigenvalue weighted by molar-refractivity contribution is 0.789. The summed E-state index contributed by atoms with van der Waals surface area (Å²) in [6, 6.07) is 15.2. The van der Waals surface area contributed by atoms with Crippen molar-refractivity contribution >= 4 is 67.8 Å². The molecule has 0 atom stereocenters. The van der Waals surface area contributed by atoms with Gasteiger partial charge in [-0.1, -0.05) is 23.2 Å². The van der Waals surface area contributed by atoms with E-state index < -0.39 is 10.9 Å². The van der Waals surface area contributed by atoms with Crippen molar-refractivity contribution in [1.82, 2.24) is 9.97 Å². The Labute approximate surface area is 241 Å². The molecule has 0 aliphatic heterocycles. The third-order valence-corrected chi connectivity index (χ3v) is 7.23. The van der Waals surface area contributed by atoms with Gasteiger partial charge in [-0.25, -0.2) is 0 Å². The van der Waals surface area contributed by atoms with Gasteiger partial charge >= 0.3 is 0 Å². The van der Waals surface area contributed by atoms with Gasteiger partial charge in [-0.05, 0) is 74.2 Å². The largest absolute Gasteiger partial charge is 0.384 e. The molecule has 2 aromatic heterocycles. The van der Waals surface area contributed by atoms with Gasteiger partial charge in [0.2, 0.25) is 0 Å². The van der Waals surface area contributed by atoms with E-state index in [0.29, 0.717) is 34.5 Å². The summed E-state index contributed by atoms with van der Waals surface area (Å²) >= 11 is 12.1. The molecule has 4 N–H and O–H groups in total. The summed E-state index contributed by atoms with van der Waals surface area (Å²) in [4.78, 5) is 32.9. The Balaban J connectivity index is 1.00. The van der Waals surface area contributed by atoms with E-state index in [2.05, 4.69) is 31.2 Å². The highest BCUT2D eigenvalue weighted by molar-refractivity contribution is 6.31. The van der Waals surface area contributed by atoms with Gasteiger partial charge in [0.05, 0.1) is 11.0 Å². The lowest BCUT2D eigenvalue weighted by Crippen LogP contribution is -2.37. The molecule has 0 aliphatic carbocycles. The topological polar surface area (TPSA) is 108 Å². The first-order chi connectivity index (χ1) is 19.5. The number of hydrogen-bond acceptors (Lipinski definition) is 8. The molecule has 5 rings (SSSR count). The van der Waals surface area contributed by atoms with E-state index in [1.54, 1.807) is 12.4 Å². The molecule has 0 saturated carbocycles. The average molecular weight is 578 g/mol. The lowest BCUT2D eigenvalue weighted by atomic mass is 10.1. The number of nitrogens with zero attached hydrogens (tertiary/aromatic N) is 2. The van der Waals surface area contributed by atoms with Crippen molar-refractivity contribution in [3.63, 3.8) is 0 Å². The van der Waals surface area contributed by atoms with Gasteiger partial charge in [-0.15, -0.1) is 0 Å². The molecule has 5 aromatic rings. The highest BCUT2D eigenvalue weighted by Gasteiger charge is 2.19. The van der Waals surface area contributed by atoms with Crippen molar-refractivity contribution in [3.05, 3.63) is 91.4 Å². The number of unbranched alkanes of at least 4 members (excludes halogenated alkanes) is 2. The maximum Gasteiger partial charge on any atom is 0.253 e. The maximum atomic E-state index is 12.1. The number of nitrogens with one attached hydrogen (secondary N) is 4. The zero-order valence-corrected chi connectivity index (χ0v) is 23.4. The van der Waals surface area contributed by atoms with Crippen molar-refractivity contribution in [1.29, 1.82) is 0 Å². The predicted molar refractivity (Wildman–Crippen MR) is 167 cm³/mol. The third-order valence-electron chi connectivity index (χ3n) is 6.76. The Morgan fingerprint density at radius 3 is 1.38 bits per heavy atom. The molecule has 0 fully saturated rings. The Hall–Kier alpha value is -3.88. The van der Waals surface area contributed by atoms with Crippen LogP contribution in [-0.4, -0.2) is 36.1 Å². The van der Waals surface area contributed by atoms with Crippen LogP contribution in [0.15, 0.2) is 70.5 Å². The number of hydrogen-bond donors (Lipinski definition) is 4. The summed E-state index contributed by atoms with van der Waals surface area (Å²) in [6.45, 7) is 2.78. The van der Waals surface area contributed by atoms with Gasteiger partial charge in [-0.2, -0.15) is 0 Å². The fourth-order valence-electron chi connectivity index (χ4n) is 4.65. The molecule has 0 spiro atoms. The molecule has 0 saturated heterocycles. The standard InChI is InChI=1S/C30H30Cl2N6O2/c31-19-5-7-21-23(9-15-35-25(21)17-19)33-11-1-3-13-37-27-28(30(40)29(27)39)38-14-4-2-12-34-24-10-16-36-26-18-20(32)6-8-22(24)26/h5-10,15-18,37-38H,1-4,11-14H2,(H,33,35)(H,34,36). The van der Waals surface area contributed by atoms with Crippen LogP contribution >= 0.6 is 23.2 Å². The van der Waals surface area contributed by atoms with E-state index in [1.165, 1.54) is 0 Å². The minimum absolute atomic E-state index is 0.398. The molecule has 0 unspecified atom stereocenters. The molecule has 3 aromatic carbocycles. The minimum Gasteiger partial charge on any atom is -0.384 e. The van der Waals surface area contributed by atoms with Crippen molar-refractivity contribution < 1.29 is 0 Å². The van der Waals surface area contributed by atoms with Gasteiger partial charge in [0.15, 0.2) is 0 Å². The second-order valence-corrected chi connectivity index (χ2v) is 10.4. The molecule has 0 amide bonds. The van der Waals surface area contributed by atoms with Gasteiger partial charge in [0.25, 0.3) is 10.9 Å². The molecule has 8 nitrogen and oxygen atoms in total. The second-order valence-electron chi connectivity index (χ2n) is 9.57. The normalized spacial score (nSPS) is 11.2. The Morgan fingerprint density at radius 1 is 0.550 bits per heavy atom. The van der Waals surface area contributed by atoms with Crippen LogP contribution in [0.4, 0.5) is 22.7 Å². The molecule has 206 valence electrons. The van der Waals surface area contributed by atoms with E-state index in [9.17, 15) is 9.59 Å². The van der Waals surface area contributed by atoms with Crippen molar-refractivity contribution in [2.24, 2.45) is 0 Å². The van der Waals surface area contributed by atoms with Crippen molar-refractivity contribution in [3.8, 4) is 0 Å². The number of rotatable bonds is 14. The monoisotopic (exact) mass is 576 g/mol. The van der Waals surface area contributed by atoms with Gasteiger partial charge in [0.1, 0.15) is 11.4 Å². The van der Waals surface area contributed by atoms with Crippen molar-refractivity contribution in [2.75, 3.05) is 47.4 Å². The van der Waals surface area contributed by atoms with Crippen molar-refractivity contribution in [2.45, 2.75) is 25.7 Å². The summed E-state index contributed by atoms with van der Waals surface area (Å²) in [6.07, 6.45) is 7.02. The zero-order chi connectivity index (χ0) is 27.9. The van der Waals surface area contributed by atoms with Crippen LogP contribution in [0.2, 0.25) is 10.0 Å². The fraction of sp³-hybridized carbons (Fsp3) is 0.267. The molecule has 40 heavy (non-hydrogen) atoms. The third kappa shape index (κ3) is 6.46. The highest BCUT2D eigenvalue weighted by Crippen LogP contribution is 2.25. The molecule has 0 bridgehead atoms. The Kier molecular flexibility index (Phi) is 8.98. The number of aromatic nitrogens is 2. The molecular weight excluding hydrogens is 547 g/mol. The summed E-state index contributed by atoms with van der Waals surface area (Å²) in [7, 11) is 0. The zero-order valence-electron chi connectivity index (χ0n) is 21.9. The Morgan fingerprint density at radius 2 is 0.950 bits per heavy atom. The van der Waals surface area contributed by atoms with E-state index in [1.807, 2.05) is 48.5 Å². The number of pyridine rings is 2. The quantitative estimate of drug-likeness (QED) is 0.0901. The minimum atomic E-state index is -0.450. The highest BCUT2D eigenvalue weighted by atomic mass is 35.5. The first kappa shape index (κ1) is 27.7.